The van der Waals surface area contributed by atoms with E-state index in [1.165, 1.54) is 11.9 Å². The summed E-state index contributed by atoms with van der Waals surface area (Å²) in [5.41, 5.74) is 1.89. The molecular weight excluding hydrogens is 368 g/mol. The number of rotatable bonds is 4. The third-order valence-corrected chi connectivity index (χ3v) is 5.42. The first kappa shape index (κ1) is 19.2. The molecule has 0 aliphatic carbocycles. The maximum absolute atomic E-state index is 12.9. The van der Waals surface area contributed by atoms with E-state index in [1.54, 1.807) is 25.3 Å². The Morgan fingerprint density at radius 1 is 1.26 bits per heavy atom. The average molecular weight is 391 g/mol. The lowest BCUT2D eigenvalue weighted by Crippen LogP contribution is -2.62. The van der Waals surface area contributed by atoms with Gasteiger partial charge in [0.2, 0.25) is 5.91 Å². The van der Waals surface area contributed by atoms with Crippen molar-refractivity contribution in [3.63, 3.8) is 0 Å². The highest BCUT2D eigenvalue weighted by atomic mass is 35.5. The van der Waals surface area contributed by atoms with Crippen molar-refractivity contribution in [2.24, 2.45) is 5.92 Å². The lowest BCUT2D eigenvalue weighted by atomic mass is 10.0. The Kier molecular flexibility index (Phi) is 5.15. The van der Waals surface area contributed by atoms with Gasteiger partial charge in [-0.25, -0.2) is 4.79 Å². The van der Waals surface area contributed by atoms with Gasteiger partial charge in [-0.15, -0.1) is 0 Å². The Bertz CT molecular complexity index is 838. The summed E-state index contributed by atoms with van der Waals surface area (Å²) in [6.45, 7) is 4.43. The van der Waals surface area contributed by atoms with E-state index in [4.69, 9.17) is 11.6 Å². The summed E-state index contributed by atoms with van der Waals surface area (Å²) >= 11 is 6.13. The van der Waals surface area contributed by atoms with Crippen LogP contribution in [0, 0.1) is 12.8 Å². The predicted octanol–water partition coefficient (Wildman–Crippen LogP) is 2.66. The van der Waals surface area contributed by atoms with E-state index in [-0.39, 0.29) is 17.8 Å². The smallest absolute Gasteiger partial charge is 0.327 e. The SMILES string of the molecule is CCCN1C(C(=O)Nc2ccc(C)c(Cl)c2)=CC2C(=O)N(C)C(=O)N(C)C21. The van der Waals surface area contributed by atoms with Crippen LogP contribution in [0.2, 0.25) is 5.02 Å². The number of halogens is 1. The van der Waals surface area contributed by atoms with Gasteiger partial charge in [0.15, 0.2) is 0 Å². The second-order valence-electron chi connectivity index (χ2n) is 6.89. The molecule has 1 saturated heterocycles. The number of aryl methyl sites for hydroxylation is 1. The number of nitrogens with zero attached hydrogens (tertiary/aromatic N) is 3. The van der Waals surface area contributed by atoms with Crippen molar-refractivity contribution in [1.82, 2.24) is 14.7 Å². The molecule has 1 aromatic carbocycles. The van der Waals surface area contributed by atoms with E-state index in [1.807, 2.05) is 24.8 Å². The third kappa shape index (κ3) is 3.27. The van der Waals surface area contributed by atoms with Gasteiger partial charge in [0, 0.05) is 31.4 Å². The van der Waals surface area contributed by atoms with Gasteiger partial charge in [-0.05, 0) is 37.1 Å². The largest absolute Gasteiger partial charge is 0.346 e. The van der Waals surface area contributed by atoms with Crippen molar-refractivity contribution in [3.8, 4) is 0 Å². The van der Waals surface area contributed by atoms with Crippen molar-refractivity contribution in [1.29, 1.82) is 0 Å². The van der Waals surface area contributed by atoms with Gasteiger partial charge in [0.05, 0.1) is 5.92 Å². The molecule has 27 heavy (non-hydrogen) atoms. The van der Waals surface area contributed by atoms with Crippen LogP contribution in [0.15, 0.2) is 30.0 Å². The molecule has 2 atom stereocenters. The molecule has 0 bridgehead atoms. The van der Waals surface area contributed by atoms with Crippen molar-refractivity contribution in [3.05, 3.63) is 40.6 Å². The van der Waals surface area contributed by atoms with Gasteiger partial charge < -0.3 is 15.1 Å². The summed E-state index contributed by atoms with van der Waals surface area (Å²) < 4.78 is 0. The summed E-state index contributed by atoms with van der Waals surface area (Å²) in [6.07, 6.45) is 1.95. The molecule has 0 aromatic heterocycles. The molecule has 0 spiro atoms. The quantitative estimate of drug-likeness (QED) is 0.857. The summed E-state index contributed by atoms with van der Waals surface area (Å²) in [7, 11) is 3.11. The van der Waals surface area contributed by atoms with Crippen LogP contribution in [0.25, 0.3) is 0 Å². The van der Waals surface area contributed by atoms with Crippen LogP contribution in [-0.4, -0.2) is 59.4 Å². The van der Waals surface area contributed by atoms with E-state index < -0.39 is 12.1 Å². The molecule has 1 fully saturated rings. The summed E-state index contributed by atoms with van der Waals surface area (Å²) in [5, 5.41) is 3.40. The van der Waals surface area contributed by atoms with Crippen LogP contribution in [0.5, 0.6) is 0 Å². The van der Waals surface area contributed by atoms with Gasteiger partial charge in [0.1, 0.15) is 11.9 Å². The Morgan fingerprint density at radius 3 is 2.59 bits per heavy atom. The second kappa shape index (κ2) is 7.23. The molecule has 3 rings (SSSR count). The van der Waals surface area contributed by atoms with E-state index in [2.05, 4.69) is 5.32 Å². The van der Waals surface area contributed by atoms with E-state index >= 15 is 0 Å². The average Bonchev–Trinajstić information content (AvgIpc) is 3.01. The highest BCUT2D eigenvalue weighted by Crippen LogP contribution is 2.35. The van der Waals surface area contributed by atoms with Crippen LogP contribution in [0.1, 0.15) is 18.9 Å². The first-order valence-corrected chi connectivity index (χ1v) is 9.24. The molecule has 0 radical (unpaired) electrons. The summed E-state index contributed by atoms with van der Waals surface area (Å²) in [4.78, 5) is 42.3. The van der Waals surface area contributed by atoms with Crippen molar-refractivity contribution < 1.29 is 14.4 Å². The van der Waals surface area contributed by atoms with Crippen LogP contribution >= 0.6 is 11.6 Å². The minimum atomic E-state index is -0.563. The Balaban J connectivity index is 1.90. The van der Waals surface area contributed by atoms with Crippen LogP contribution in [0.3, 0.4) is 0 Å². The van der Waals surface area contributed by atoms with E-state index in [0.717, 1.165) is 16.9 Å². The van der Waals surface area contributed by atoms with E-state index in [9.17, 15) is 14.4 Å². The van der Waals surface area contributed by atoms with Gasteiger partial charge >= 0.3 is 6.03 Å². The van der Waals surface area contributed by atoms with Crippen LogP contribution < -0.4 is 5.32 Å². The normalized spacial score (nSPS) is 22.1. The van der Waals surface area contributed by atoms with Crippen molar-refractivity contribution >= 4 is 35.1 Å². The second-order valence-corrected chi connectivity index (χ2v) is 7.30. The highest BCUT2D eigenvalue weighted by Gasteiger charge is 2.50. The molecule has 8 heteroatoms. The first-order valence-electron chi connectivity index (χ1n) is 8.86. The van der Waals surface area contributed by atoms with Crippen molar-refractivity contribution in [2.45, 2.75) is 26.4 Å². The number of anilines is 1. The number of benzene rings is 1. The number of imide groups is 1. The molecule has 144 valence electrons. The van der Waals surface area contributed by atoms with Gasteiger partial charge in [0.25, 0.3) is 5.91 Å². The zero-order chi connectivity index (χ0) is 19.9. The number of carbonyl (C=O) groups excluding carboxylic acids is 3. The highest BCUT2D eigenvalue weighted by molar-refractivity contribution is 6.31. The predicted molar refractivity (Wildman–Crippen MR) is 103 cm³/mol. The molecule has 1 aromatic rings. The lowest BCUT2D eigenvalue weighted by Gasteiger charge is -2.43. The standard InChI is InChI=1S/C19H23ClN4O3/c1-5-8-24-15(16(25)21-12-7-6-11(2)14(20)9-12)10-13-17(24)22(3)19(27)23(4)18(13)26/h6-7,9-10,13,17H,5,8H2,1-4H3,(H,21,25). The zero-order valence-corrected chi connectivity index (χ0v) is 16.6. The minimum Gasteiger partial charge on any atom is -0.346 e. The molecule has 2 unspecified atom stereocenters. The fraction of sp³-hybridized carbons (Fsp3) is 0.421. The molecular formula is C19H23ClN4O3. The molecule has 7 nitrogen and oxygen atoms in total. The zero-order valence-electron chi connectivity index (χ0n) is 15.8. The third-order valence-electron chi connectivity index (χ3n) is 5.02. The maximum Gasteiger partial charge on any atom is 0.327 e. The molecule has 2 heterocycles. The Hall–Kier alpha value is -2.54. The molecule has 0 saturated carbocycles. The minimum absolute atomic E-state index is 0.301. The van der Waals surface area contributed by atoms with Gasteiger partial charge in [-0.1, -0.05) is 24.6 Å². The number of carbonyl (C=O) groups is 3. The number of urea groups is 1. The van der Waals surface area contributed by atoms with Crippen molar-refractivity contribution in [2.75, 3.05) is 26.0 Å². The molecule has 2 aliphatic rings. The van der Waals surface area contributed by atoms with Gasteiger partial charge in [-0.2, -0.15) is 0 Å². The Labute approximate surface area is 163 Å². The van der Waals surface area contributed by atoms with Gasteiger partial charge in [-0.3, -0.25) is 14.5 Å². The van der Waals surface area contributed by atoms with Crippen LogP contribution in [0.4, 0.5) is 10.5 Å². The molecule has 1 N–H and O–H groups in total. The lowest BCUT2D eigenvalue weighted by molar-refractivity contribution is -0.137. The fourth-order valence-corrected chi connectivity index (χ4v) is 3.75. The van der Waals surface area contributed by atoms with Crippen LogP contribution in [-0.2, 0) is 9.59 Å². The molecule has 4 amide bonds. The maximum atomic E-state index is 12.9. The fourth-order valence-electron chi connectivity index (χ4n) is 3.57. The number of amides is 4. The summed E-state index contributed by atoms with van der Waals surface area (Å²) in [5.74, 6) is -1.19. The number of fused-ring (bicyclic) bond motifs is 1. The molecule has 2 aliphatic heterocycles. The topological polar surface area (TPSA) is 73.0 Å². The number of nitrogens with one attached hydrogen (secondary N) is 1. The number of hydrogen-bond acceptors (Lipinski definition) is 4. The monoisotopic (exact) mass is 390 g/mol. The van der Waals surface area contributed by atoms with E-state index in [0.29, 0.717) is 23.0 Å². The first-order chi connectivity index (χ1) is 12.8. The Morgan fingerprint density at radius 2 is 1.96 bits per heavy atom. The summed E-state index contributed by atoms with van der Waals surface area (Å²) in [6, 6.07) is 4.93. The number of hydrogen-bond donors (Lipinski definition) is 1.